The monoisotopic (exact) mass is 388 g/mol. The van der Waals surface area contributed by atoms with Crippen molar-refractivity contribution in [2.24, 2.45) is 10.4 Å². The molecular weight excluding hydrogens is 372 g/mol. The fourth-order valence-electron chi connectivity index (χ4n) is 1.64. The summed E-state index contributed by atoms with van der Waals surface area (Å²) in [6.45, 7) is 2.06. The molecule has 0 aromatic carbocycles. The lowest BCUT2D eigenvalue weighted by Gasteiger charge is -2.03. The summed E-state index contributed by atoms with van der Waals surface area (Å²) >= 11 is 0. The van der Waals surface area contributed by atoms with E-state index in [0.717, 1.165) is 14.1 Å². The van der Waals surface area contributed by atoms with E-state index in [-0.39, 0.29) is 6.54 Å². The number of carbonyl (C=O) groups excluding carboxylic acids is 1. The SMILES string of the molecule is C/C=C/n1nnn(COS(=O)(=O)OCC[N+]2=NN=[N+](/C=C/C)C2=O)c1=O. The predicted octanol–water partition coefficient (Wildman–Crippen LogP) is -0.322. The van der Waals surface area contributed by atoms with Crippen molar-refractivity contribution in [3.05, 3.63) is 28.8 Å². The van der Waals surface area contributed by atoms with E-state index in [1.54, 1.807) is 26.0 Å². The van der Waals surface area contributed by atoms with E-state index in [1.165, 1.54) is 12.4 Å². The Hall–Kier alpha value is -2.91. The van der Waals surface area contributed by atoms with Gasteiger partial charge in [-0.15, -0.1) is 0 Å². The summed E-state index contributed by atoms with van der Waals surface area (Å²) in [5, 5.41) is 14.0. The van der Waals surface area contributed by atoms with E-state index in [2.05, 4.69) is 29.2 Å². The second-order valence-electron chi connectivity index (χ2n) is 4.58. The third kappa shape index (κ3) is 4.80. The van der Waals surface area contributed by atoms with Gasteiger partial charge in [0.25, 0.3) is 5.22 Å². The van der Waals surface area contributed by atoms with Crippen molar-refractivity contribution in [1.29, 1.82) is 0 Å². The fraction of sp³-hybridized carbons (Fsp3) is 0.455. The highest BCUT2D eigenvalue weighted by molar-refractivity contribution is 7.81. The molecule has 26 heavy (non-hydrogen) atoms. The number of rotatable bonds is 9. The zero-order valence-corrected chi connectivity index (χ0v) is 14.7. The summed E-state index contributed by atoms with van der Waals surface area (Å²) in [5.41, 5.74) is -0.689. The standard InChI is InChI=1S/C11H16N8O6S/c1-3-5-16-10(20)18(13-12-16)7-8-24-26(22,23)25-9-19-11(21)17(6-4-2)14-15-19/h3-6H,7-9H2,1-2H3/q+2/b5-3+,6-4+. The van der Waals surface area contributed by atoms with E-state index < -0.39 is 35.5 Å². The molecule has 0 atom stereocenters. The van der Waals surface area contributed by atoms with Gasteiger partial charge in [-0.25, -0.2) is 13.2 Å². The zero-order chi connectivity index (χ0) is 19.2. The molecule has 0 saturated heterocycles. The molecule has 0 bridgehead atoms. The Morgan fingerprint density at radius 2 is 1.88 bits per heavy atom. The predicted molar refractivity (Wildman–Crippen MR) is 81.7 cm³/mol. The molecule has 0 unspecified atom stereocenters. The molecule has 0 spiro atoms. The molecular formula is C11H16N8O6S+2. The summed E-state index contributed by atoms with van der Waals surface area (Å²) in [6, 6.07) is -0.558. The Kier molecular flexibility index (Phi) is 6.31. The van der Waals surface area contributed by atoms with Gasteiger partial charge in [0, 0.05) is 10.9 Å². The summed E-state index contributed by atoms with van der Waals surface area (Å²) < 4.78 is 35.9. The summed E-state index contributed by atoms with van der Waals surface area (Å²) in [7, 11) is -4.43. The lowest BCUT2D eigenvalue weighted by Crippen LogP contribution is -2.27. The van der Waals surface area contributed by atoms with Crippen LogP contribution in [0.2, 0.25) is 0 Å². The van der Waals surface area contributed by atoms with Crippen LogP contribution in [0.5, 0.6) is 0 Å². The fourth-order valence-corrected chi connectivity index (χ4v) is 2.21. The van der Waals surface area contributed by atoms with Crippen LogP contribution in [0.15, 0.2) is 33.6 Å². The number of amides is 2. The minimum atomic E-state index is -4.43. The quantitative estimate of drug-likeness (QED) is 0.521. The number of tetrazole rings is 1. The first-order chi connectivity index (χ1) is 12.4. The molecule has 140 valence electrons. The van der Waals surface area contributed by atoms with Crippen LogP contribution >= 0.6 is 0 Å². The van der Waals surface area contributed by atoms with Crippen LogP contribution in [0.3, 0.4) is 0 Å². The topological polar surface area (TPSA) is 153 Å². The van der Waals surface area contributed by atoms with Crippen LogP contribution in [0.25, 0.3) is 6.20 Å². The maximum Gasteiger partial charge on any atom is 0.638 e. The number of carbonyl (C=O) groups is 1. The summed E-state index contributed by atoms with van der Waals surface area (Å²) in [6.07, 6.45) is 5.87. The van der Waals surface area contributed by atoms with Gasteiger partial charge in [-0.3, -0.25) is 0 Å². The third-order valence-corrected chi connectivity index (χ3v) is 3.60. The van der Waals surface area contributed by atoms with Crippen LogP contribution in [0.1, 0.15) is 13.8 Å². The number of allylic oxidation sites excluding steroid dienone is 2. The smallest absolute Gasteiger partial charge is 0.244 e. The molecule has 0 N–H and O–H groups in total. The number of hydrogen-bond acceptors (Lipinski definition) is 10. The second kappa shape index (κ2) is 8.45. The Labute approximate surface area is 147 Å². The van der Waals surface area contributed by atoms with Crippen LogP contribution < -0.4 is 5.69 Å². The lowest BCUT2D eigenvalue weighted by molar-refractivity contribution is -0.564. The van der Waals surface area contributed by atoms with Gasteiger partial charge in [-0.1, -0.05) is 6.08 Å². The molecule has 15 heteroatoms. The molecule has 1 aromatic rings. The van der Waals surface area contributed by atoms with Gasteiger partial charge in [-0.05, 0) is 30.4 Å². The molecule has 0 radical (unpaired) electrons. The van der Waals surface area contributed by atoms with Gasteiger partial charge in [0.05, 0.1) is 0 Å². The third-order valence-electron chi connectivity index (χ3n) is 2.75. The van der Waals surface area contributed by atoms with E-state index in [1.807, 2.05) is 0 Å². The Morgan fingerprint density at radius 1 is 1.12 bits per heavy atom. The van der Waals surface area contributed by atoms with Gasteiger partial charge in [0.1, 0.15) is 11.3 Å². The second-order valence-corrected chi connectivity index (χ2v) is 5.86. The van der Waals surface area contributed by atoms with Gasteiger partial charge in [0.2, 0.25) is 0 Å². The maximum absolute atomic E-state index is 11.8. The van der Waals surface area contributed by atoms with E-state index >= 15 is 0 Å². The van der Waals surface area contributed by atoms with Gasteiger partial charge in [0.15, 0.2) is 19.5 Å². The van der Waals surface area contributed by atoms with E-state index in [4.69, 9.17) is 0 Å². The Balaban J connectivity index is 1.83. The van der Waals surface area contributed by atoms with Gasteiger partial charge >= 0.3 is 27.3 Å². The molecule has 2 rings (SSSR count). The molecule has 0 saturated carbocycles. The lowest BCUT2D eigenvalue weighted by atomic mass is 10.6. The first kappa shape index (κ1) is 19.4. The Bertz CT molecular complexity index is 954. The van der Waals surface area contributed by atoms with Crippen molar-refractivity contribution < 1.29 is 31.0 Å². The van der Waals surface area contributed by atoms with Crippen molar-refractivity contribution in [1.82, 2.24) is 19.8 Å². The molecule has 2 heterocycles. The summed E-state index contributed by atoms with van der Waals surface area (Å²) in [5.74, 6) is 0. The summed E-state index contributed by atoms with van der Waals surface area (Å²) in [4.78, 5) is 23.5. The molecule has 1 aliphatic rings. The van der Waals surface area contributed by atoms with Crippen LogP contribution in [0, 0.1) is 0 Å². The number of urea groups is 1. The molecule has 1 aromatic heterocycles. The van der Waals surface area contributed by atoms with Crippen LogP contribution in [0.4, 0.5) is 4.79 Å². The largest absolute Gasteiger partial charge is 0.638 e. The molecule has 0 aliphatic carbocycles. The highest BCUT2D eigenvalue weighted by Gasteiger charge is 2.39. The van der Waals surface area contributed by atoms with Crippen molar-refractivity contribution in [3.8, 4) is 0 Å². The van der Waals surface area contributed by atoms with Crippen molar-refractivity contribution in [3.63, 3.8) is 0 Å². The van der Waals surface area contributed by atoms with Crippen LogP contribution in [-0.2, 0) is 25.5 Å². The van der Waals surface area contributed by atoms with Crippen molar-refractivity contribution in [2.45, 2.75) is 20.6 Å². The van der Waals surface area contributed by atoms with Crippen molar-refractivity contribution >= 4 is 22.6 Å². The minimum absolute atomic E-state index is 0.170. The first-order valence-electron chi connectivity index (χ1n) is 7.22. The van der Waals surface area contributed by atoms with E-state index in [9.17, 15) is 18.0 Å². The average molecular weight is 388 g/mol. The molecule has 0 fully saturated rings. The van der Waals surface area contributed by atoms with E-state index in [0.29, 0.717) is 4.68 Å². The maximum atomic E-state index is 11.8. The molecule has 14 nitrogen and oxygen atoms in total. The molecule has 1 aliphatic heterocycles. The average Bonchev–Trinajstić information content (AvgIpc) is 3.11. The van der Waals surface area contributed by atoms with Gasteiger partial charge < -0.3 is 0 Å². The first-order valence-corrected chi connectivity index (χ1v) is 8.55. The zero-order valence-electron chi connectivity index (χ0n) is 13.9. The van der Waals surface area contributed by atoms with Crippen LogP contribution in [-0.4, -0.2) is 56.8 Å². The van der Waals surface area contributed by atoms with Gasteiger partial charge in [-0.2, -0.15) is 22.6 Å². The minimum Gasteiger partial charge on any atom is -0.244 e. The number of aromatic nitrogens is 4. The highest BCUT2D eigenvalue weighted by Crippen LogP contribution is 2.02. The van der Waals surface area contributed by atoms with Crippen molar-refractivity contribution in [2.75, 3.05) is 13.2 Å². The highest BCUT2D eigenvalue weighted by atomic mass is 32.3. The Morgan fingerprint density at radius 3 is 2.58 bits per heavy atom. The molecule has 2 amide bonds. The number of hydrogen-bond donors (Lipinski definition) is 0. The number of nitrogens with zero attached hydrogens (tertiary/aromatic N) is 8. The normalized spacial score (nSPS) is 15.2.